The Kier molecular flexibility index (Phi) is 6.01. The number of rotatable bonds is 6. The third kappa shape index (κ3) is 5.48. The van der Waals surface area contributed by atoms with Crippen LogP contribution >= 0.6 is 0 Å². The largest absolute Gasteiger partial charge is 0.494 e. The molecular formula is C18H17F4NO2. The number of methoxy groups -OCH3 is 1. The summed E-state index contributed by atoms with van der Waals surface area (Å²) in [5.74, 6) is -0.628. The maximum absolute atomic E-state index is 13.6. The van der Waals surface area contributed by atoms with Crippen LogP contribution in [0, 0.1) is 5.82 Å². The first-order valence-electron chi connectivity index (χ1n) is 7.55. The topological polar surface area (TPSA) is 38.3 Å². The molecule has 0 aliphatic carbocycles. The minimum absolute atomic E-state index is 0.133. The molecule has 0 bridgehead atoms. The van der Waals surface area contributed by atoms with Crippen LogP contribution < -0.4 is 10.1 Å². The monoisotopic (exact) mass is 355 g/mol. The van der Waals surface area contributed by atoms with E-state index in [1.54, 1.807) is 6.07 Å². The zero-order valence-corrected chi connectivity index (χ0v) is 13.5. The summed E-state index contributed by atoms with van der Waals surface area (Å²) in [7, 11) is 1.37. The number of halogens is 4. The molecule has 0 atom stereocenters. The van der Waals surface area contributed by atoms with Crippen LogP contribution in [0.15, 0.2) is 42.5 Å². The first kappa shape index (κ1) is 18.8. The van der Waals surface area contributed by atoms with Crippen LogP contribution in [-0.4, -0.2) is 13.0 Å². The number of amides is 1. The Balaban J connectivity index is 1.82. The Morgan fingerprint density at radius 3 is 2.28 bits per heavy atom. The first-order chi connectivity index (χ1) is 11.8. The lowest BCUT2D eigenvalue weighted by molar-refractivity contribution is -0.137. The molecule has 1 N–H and O–H groups in total. The van der Waals surface area contributed by atoms with Crippen molar-refractivity contribution in [3.8, 4) is 5.75 Å². The molecule has 134 valence electrons. The molecule has 0 aliphatic heterocycles. The van der Waals surface area contributed by atoms with Crippen molar-refractivity contribution in [2.75, 3.05) is 7.11 Å². The predicted molar refractivity (Wildman–Crippen MR) is 84.6 cm³/mol. The third-order valence-electron chi connectivity index (χ3n) is 3.63. The van der Waals surface area contributed by atoms with Crippen LogP contribution in [-0.2, 0) is 23.9 Å². The minimum atomic E-state index is -4.38. The third-order valence-corrected chi connectivity index (χ3v) is 3.63. The highest BCUT2D eigenvalue weighted by Crippen LogP contribution is 2.29. The molecule has 2 aromatic carbocycles. The molecule has 0 radical (unpaired) electrons. The van der Waals surface area contributed by atoms with E-state index in [1.165, 1.54) is 31.4 Å². The Hall–Kier alpha value is -2.57. The van der Waals surface area contributed by atoms with Crippen molar-refractivity contribution in [3.05, 3.63) is 65.0 Å². The molecule has 3 nitrogen and oxygen atoms in total. The van der Waals surface area contributed by atoms with Gasteiger partial charge in [-0.05, 0) is 41.8 Å². The van der Waals surface area contributed by atoms with Gasteiger partial charge in [-0.25, -0.2) is 4.39 Å². The summed E-state index contributed by atoms with van der Waals surface area (Å²) in [6, 6.07) is 9.06. The molecule has 7 heteroatoms. The average molecular weight is 355 g/mol. The normalized spacial score (nSPS) is 11.2. The molecular weight excluding hydrogens is 338 g/mol. The summed E-state index contributed by atoms with van der Waals surface area (Å²) >= 11 is 0. The van der Waals surface area contributed by atoms with Crippen LogP contribution in [0.3, 0.4) is 0 Å². The first-order valence-corrected chi connectivity index (χ1v) is 7.55. The van der Waals surface area contributed by atoms with Gasteiger partial charge in [-0.1, -0.05) is 18.2 Å². The zero-order chi connectivity index (χ0) is 18.4. The summed E-state index contributed by atoms with van der Waals surface area (Å²) in [6.07, 6.45) is -3.89. The number of benzene rings is 2. The van der Waals surface area contributed by atoms with Crippen molar-refractivity contribution in [3.63, 3.8) is 0 Å². The summed E-state index contributed by atoms with van der Waals surface area (Å²) < 4.78 is 55.8. The van der Waals surface area contributed by atoms with Gasteiger partial charge in [-0.2, -0.15) is 13.2 Å². The van der Waals surface area contributed by atoms with E-state index >= 15 is 0 Å². The number of aryl methyl sites for hydroxylation is 1. The zero-order valence-electron chi connectivity index (χ0n) is 13.5. The second-order valence-electron chi connectivity index (χ2n) is 5.44. The molecule has 0 unspecified atom stereocenters. The highest BCUT2D eigenvalue weighted by Gasteiger charge is 2.29. The van der Waals surface area contributed by atoms with Crippen molar-refractivity contribution < 1.29 is 27.1 Å². The lowest BCUT2D eigenvalue weighted by Gasteiger charge is -2.09. The molecule has 0 spiro atoms. The quantitative estimate of drug-likeness (QED) is 0.793. The van der Waals surface area contributed by atoms with Gasteiger partial charge < -0.3 is 10.1 Å². The Labute approximate surface area is 142 Å². The van der Waals surface area contributed by atoms with Gasteiger partial charge in [-0.15, -0.1) is 0 Å². The van der Waals surface area contributed by atoms with E-state index in [0.717, 1.165) is 12.1 Å². The molecule has 0 saturated carbocycles. The number of hydrogen-bond acceptors (Lipinski definition) is 2. The maximum Gasteiger partial charge on any atom is 0.416 e. The van der Waals surface area contributed by atoms with Crippen LogP contribution in [0.25, 0.3) is 0 Å². The lowest BCUT2D eigenvalue weighted by atomic mass is 10.1. The molecule has 0 aromatic heterocycles. The Morgan fingerprint density at radius 1 is 1.08 bits per heavy atom. The molecule has 0 saturated heterocycles. The van der Waals surface area contributed by atoms with Crippen LogP contribution in [0.1, 0.15) is 23.1 Å². The fourth-order valence-corrected chi connectivity index (χ4v) is 2.22. The van der Waals surface area contributed by atoms with E-state index in [2.05, 4.69) is 5.32 Å². The smallest absolute Gasteiger partial charge is 0.416 e. The molecule has 0 aliphatic rings. The van der Waals surface area contributed by atoms with Gasteiger partial charge in [0, 0.05) is 13.0 Å². The average Bonchev–Trinajstić information content (AvgIpc) is 2.58. The van der Waals surface area contributed by atoms with Gasteiger partial charge >= 0.3 is 6.18 Å². The van der Waals surface area contributed by atoms with Crippen molar-refractivity contribution >= 4 is 5.91 Å². The molecule has 0 fully saturated rings. The van der Waals surface area contributed by atoms with E-state index in [1.807, 2.05) is 0 Å². The van der Waals surface area contributed by atoms with Gasteiger partial charge in [0.1, 0.15) is 0 Å². The van der Waals surface area contributed by atoms with E-state index in [0.29, 0.717) is 17.5 Å². The van der Waals surface area contributed by atoms with E-state index in [9.17, 15) is 22.4 Å². The highest BCUT2D eigenvalue weighted by molar-refractivity contribution is 5.76. The summed E-state index contributed by atoms with van der Waals surface area (Å²) in [6.45, 7) is 0.133. The fourth-order valence-electron chi connectivity index (χ4n) is 2.22. The Bertz CT molecular complexity index is 727. The molecule has 25 heavy (non-hydrogen) atoms. The van der Waals surface area contributed by atoms with Crippen LogP contribution in [0.5, 0.6) is 5.75 Å². The molecule has 2 rings (SSSR count). The number of nitrogens with one attached hydrogen (secondary N) is 1. The van der Waals surface area contributed by atoms with Gasteiger partial charge in [-0.3, -0.25) is 4.79 Å². The predicted octanol–water partition coefficient (Wildman–Crippen LogP) is 4.10. The van der Waals surface area contributed by atoms with Crippen molar-refractivity contribution in [1.82, 2.24) is 5.32 Å². The van der Waals surface area contributed by atoms with Crippen LogP contribution in [0.2, 0.25) is 0 Å². The summed E-state index contributed by atoms with van der Waals surface area (Å²) in [5.41, 5.74) is 0.490. The van der Waals surface area contributed by atoms with E-state index in [4.69, 9.17) is 4.74 Å². The van der Waals surface area contributed by atoms with Crippen molar-refractivity contribution in [2.45, 2.75) is 25.6 Å². The van der Waals surface area contributed by atoms with Gasteiger partial charge in [0.2, 0.25) is 5.91 Å². The second-order valence-corrected chi connectivity index (χ2v) is 5.44. The SMILES string of the molecule is COc1ccc(CCC(=O)NCc2ccc(C(F)(F)F)cc2)cc1F. The number of carbonyl (C=O) groups is 1. The fraction of sp³-hybridized carbons (Fsp3) is 0.278. The minimum Gasteiger partial charge on any atom is -0.494 e. The number of hydrogen-bond donors (Lipinski definition) is 1. The van der Waals surface area contributed by atoms with Crippen molar-refractivity contribution in [2.24, 2.45) is 0 Å². The standard InChI is InChI=1S/C18H17F4NO2/c1-25-16-8-4-12(10-15(16)19)5-9-17(24)23-11-13-2-6-14(7-3-13)18(20,21)22/h2-4,6-8,10H,5,9,11H2,1H3,(H,23,24). The summed E-state index contributed by atoms with van der Waals surface area (Å²) in [4.78, 5) is 11.8. The van der Waals surface area contributed by atoms with Gasteiger partial charge in [0.05, 0.1) is 12.7 Å². The number of carbonyl (C=O) groups excluding carboxylic acids is 1. The summed E-state index contributed by atoms with van der Waals surface area (Å²) in [5, 5.41) is 2.63. The van der Waals surface area contributed by atoms with E-state index < -0.39 is 17.6 Å². The van der Waals surface area contributed by atoms with Gasteiger partial charge in [0.15, 0.2) is 11.6 Å². The second kappa shape index (κ2) is 8.00. The van der Waals surface area contributed by atoms with E-state index in [-0.39, 0.29) is 24.6 Å². The van der Waals surface area contributed by atoms with Crippen molar-refractivity contribution in [1.29, 1.82) is 0 Å². The van der Waals surface area contributed by atoms with Crippen LogP contribution in [0.4, 0.5) is 17.6 Å². The highest BCUT2D eigenvalue weighted by atomic mass is 19.4. The molecule has 1 amide bonds. The molecule has 2 aromatic rings. The molecule has 0 heterocycles. The maximum atomic E-state index is 13.6. The Morgan fingerprint density at radius 2 is 1.72 bits per heavy atom. The number of alkyl halides is 3. The van der Waals surface area contributed by atoms with Gasteiger partial charge in [0.25, 0.3) is 0 Å². The number of ether oxygens (including phenoxy) is 1. The lowest BCUT2D eigenvalue weighted by Crippen LogP contribution is -2.23.